The molecule has 0 spiro atoms. The Kier molecular flexibility index (Phi) is 6.12. The lowest BCUT2D eigenvalue weighted by atomic mass is 9.99. The van der Waals surface area contributed by atoms with Gasteiger partial charge in [0, 0.05) is 24.8 Å². The standard InChI is InChI=1S/C21H24N4O4S2/c22-31(27,28)18-8-6-16(7-9-18)23-20(30)24-12-10-17(11-13-24)25-19(14-29-21(25)26)15-4-2-1-3-5-15/h1-9,17,19H,10-14H2,(H,23,30)(H2,22,27,28)/t19-/m0/s1. The van der Waals surface area contributed by atoms with E-state index in [4.69, 9.17) is 22.1 Å². The first-order chi connectivity index (χ1) is 14.8. The molecule has 2 saturated heterocycles. The first-order valence-corrected chi connectivity index (χ1v) is 12.0. The Balaban J connectivity index is 1.36. The Morgan fingerprint density at radius 1 is 1.06 bits per heavy atom. The van der Waals surface area contributed by atoms with Crippen LogP contribution in [0.1, 0.15) is 24.4 Å². The summed E-state index contributed by atoms with van der Waals surface area (Å²) in [5.41, 5.74) is 1.77. The number of anilines is 1. The summed E-state index contributed by atoms with van der Waals surface area (Å²) in [6, 6.07) is 16.1. The molecule has 2 aliphatic rings. The van der Waals surface area contributed by atoms with E-state index in [1.54, 1.807) is 12.1 Å². The van der Waals surface area contributed by atoms with E-state index in [0.29, 0.717) is 30.5 Å². The van der Waals surface area contributed by atoms with E-state index in [9.17, 15) is 13.2 Å². The van der Waals surface area contributed by atoms with Crippen molar-refractivity contribution < 1.29 is 17.9 Å². The van der Waals surface area contributed by atoms with Crippen molar-refractivity contribution in [2.45, 2.75) is 29.8 Å². The van der Waals surface area contributed by atoms with Gasteiger partial charge >= 0.3 is 6.09 Å². The third-order valence-electron chi connectivity index (χ3n) is 5.67. The molecule has 2 heterocycles. The highest BCUT2D eigenvalue weighted by atomic mass is 32.2. The Morgan fingerprint density at radius 2 is 1.71 bits per heavy atom. The molecule has 2 aromatic rings. The number of benzene rings is 2. The molecule has 1 amide bonds. The van der Waals surface area contributed by atoms with Crippen LogP contribution in [0.3, 0.4) is 0 Å². The second-order valence-electron chi connectivity index (χ2n) is 7.63. The summed E-state index contributed by atoms with van der Waals surface area (Å²) in [6.07, 6.45) is 1.30. The number of hydrogen-bond donors (Lipinski definition) is 2. The van der Waals surface area contributed by atoms with E-state index in [-0.39, 0.29) is 23.1 Å². The Bertz CT molecular complexity index is 1050. The number of nitrogens with one attached hydrogen (secondary N) is 1. The number of sulfonamides is 1. The summed E-state index contributed by atoms with van der Waals surface area (Å²) < 4.78 is 28.1. The van der Waals surface area contributed by atoms with Crippen LogP contribution >= 0.6 is 12.2 Å². The number of carbonyl (C=O) groups excluding carboxylic acids is 1. The summed E-state index contributed by atoms with van der Waals surface area (Å²) >= 11 is 5.53. The number of nitrogens with two attached hydrogens (primary N) is 1. The number of amides is 1. The lowest BCUT2D eigenvalue weighted by molar-refractivity contribution is 0.123. The maximum Gasteiger partial charge on any atom is 0.410 e. The molecular formula is C21H24N4O4S2. The third kappa shape index (κ3) is 4.81. The molecule has 2 aliphatic heterocycles. The predicted molar refractivity (Wildman–Crippen MR) is 121 cm³/mol. The zero-order valence-corrected chi connectivity index (χ0v) is 18.4. The first-order valence-electron chi connectivity index (χ1n) is 10.0. The molecule has 2 fully saturated rings. The van der Waals surface area contributed by atoms with Crippen molar-refractivity contribution in [2.24, 2.45) is 5.14 Å². The van der Waals surface area contributed by atoms with Gasteiger partial charge in [0.25, 0.3) is 0 Å². The molecule has 0 radical (unpaired) electrons. The van der Waals surface area contributed by atoms with Gasteiger partial charge in [-0.05, 0) is 54.9 Å². The SMILES string of the molecule is NS(=O)(=O)c1ccc(NC(=S)N2CCC(N3C(=O)OC[C@H]3c3ccccc3)CC2)cc1. The Labute approximate surface area is 187 Å². The summed E-state index contributed by atoms with van der Waals surface area (Å²) in [5, 5.41) is 8.82. The van der Waals surface area contributed by atoms with Crippen molar-refractivity contribution in [3.05, 3.63) is 60.2 Å². The van der Waals surface area contributed by atoms with Crippen LogP contribution in [0.15, 0.2) is 59.5 Å². The topological polar surface area (TPSA) is 105 Å². The highest BCUT2D eigenvalue weighted by molar-refractivity contribution is 7.89. The van der Waals surface area contributed by atoms with Gasteiger partial charge in [0.05, 0.1) is 10.9 Å². The number of carbonyl (C=O) groups is 1. The molecule has 4 rings (SSSR count). The number of nitrogens with zero attached hydrogens (tertiary/aromatic N) is 2. The molecule has 0 unspecified atom stereocenters. The number of primary sulfonamides is 1. The third-order valence-corrected chi connectivity index (χ3v) is 6.96. The quantitative estimate of drug-likeness (QED) is 0.676. The van der Waals surface area contributed by atoms with Crippen LogP contribution in [0.25, 0.3) is 0 Å². The van der Waals surface area contributed by atoms with E-state index < -0.39 is 10.0 Å². The number of rotatable bonds is 4. The number of thiocarbonyl (C=S) groups is 1. The molecule has 10 heteroatoms. The van der Waals surface area contributed by atoms with Gasteiger partial charge < -0.3 is 15.0 Å². The summed E-state index contributed by atoms with van der Waals surface area (Å²) in [5.74, 6) is 0. The van der Waals surface area contributed by atoms with E-state index >= 15 is 0 Å². The molecule has 31 heavy (non-hydrogen) atoms. The number of cyclic esters (lactones) is 1. The predicted octanol–water partition coefficient (Wildman–Crippen LogP) is 2.69. The van der Waals surface area contributed by atoms with Crippen LogP contribution in [0, 0.1) is 0 Å². The molecule has 2 aromatic carbocycles. The zero-order chi connectivity index (χ0) is 22.0. The molecule has 3 N–H and O–H groups in total. The van der Waals surface area contributed by atoms with E-state index in [1.807, 2.05) is 35.2 Å². The van der Waals surface area contributed by atoms with Gasteiger partial charge in [-0.15, -0.1) is 0 Å². The molecule has 0 saturated carbocycles. The van der Waals surface area contributed by atoms with Crippen molar-refractivity contribution in [2.75, 3.05) is 25.0 Å². The minimum absolute atomic E-state index is 0.0512. The molecule has 164 valence electrons. The highest BCUT2D eigenvalue weighted by Gasteiger charge is 2.40. The van der Waals surface area contributed by atoms with Crippen LogP contribution < -0.4 is 10.5 Å². The van der Waals surface area contributed by atoms with Crippen molar-refractivity contribution in [1.29, 1.82) is 0 Å². The van der Waals surface area contributed by atoms with Crippen LogP contribution in [-0.2, 0) is 14.8 Å². The smallest absolute Gasteiger partial charge is 0.410 e. The fourth-order valence-corrected chi connectivity index (χ4v) is 4.86. The van der Waals surface area contributed by atoms with Gasteiger partial charge in [-0.1, -0.05) is 30.3 Å². The first kappa shape index (κ1) is 21.5. The molecule has 8 nitrogen and oxygen atoms in total. The molecule has 0 aromatic heterocycles. The normalized spacial score (nSPS) is 19.9. The second kappa shape index (κ2) is 8.81. The van der Waals surface area contributed by atoms with Gasteiger partial charge in [-0.3, -0.25) is 4.90 Å². The van der Waals surface area contributed by atoms with Crippen LogP contribution in [-0.4, -0.2) is 55.2 Å². The van der Waals surface area contributed by atoms with Crippen molar-refractivity contribution >= 4 is 39.1 Å². The minimum Gasteiger partial charge on any atom is -0.447 e. The van der Waals surface area contributed by atoms with Crippen LogP contribution in [0.4, 0.5) is 10.5 Å². The van der Waals surface area contributed by atoms with Gasteiger partial charge in [0.1, 0.15) is 6.61 Å². The average molecular weight is 461 g/mol. The monoisotopic (exact) mass is 460 g/mol. The Hall–Kier alpha value is -2.69. The van der Waals surface area contributed by atoms with Gasteiger partial charge in [0.15, 0.2) is 5.11 Å². The number of piperidine rings is 1. The zero-order valence-electron chi connectivity index (χ0n) is 16.8. The van der Waals surface area contributed by atoms with Crippen molar-refractivity contribution in [3.8, 4) is 0 Å². The lowest BCUT2D eigenvalue weighted by Gasteiger charge is -2.38. The fourth-order valence-electron chi connectivity index (χ4n) is 4.05. The van der Waals surface area contributed by atoms with Crippen molar-refractivity contribution in [3.63, 3.8) is 0 Å². The molecular weight excluding hydrogens is 436 g/mol. The highest BCUT2D eigenvalue weighted by Crippen LogP contribution is 2.33. The average Bonchev–Trinajstić information content (AvgIpc) is 3.15. The minimum atomic E-state index is -3.73. The molecule has 1 atom stereocenters. The van der Waals surface area contributed by atoms with Gasteiger partial charge in [-0.25, -0.2) is 18.4 Å². The summed E-state index contributed by atoms with van der Waals surface area (Å²) in [4.78, 5) is 16.4. The fraction of sp³-hybridized carbons (Fsp3) is 0.333. The van der Waals surface area contributed by atoms with Gasteiger partial charge in [-0.2, -0.15) is 0 Å². The van der Waals surface area contributed by atoms with Crippen LogP contribution in [0.5, 0.6) is 0 Å². The largest absolute Gasteiger partial charge is 0.447 e. The van der Waals surface area contributed by atoms with E-state index in [0.717, 1.165) is 18.4 Å². The Morgan fingerprint density at radius 3 is 2.32 bits per heavy atom. The van der Waals surface area contributed by atoms with E-state index in [1.165, 1.54) is 12.1 Å². The lowest BCUT2D eigenvalue weighted by Crippen LogP contribution is -2.48. The summed E-state index contributed by atoms with van der Waals surface area (Å²) in [6.45, 7) is 1.78. The molecule has 0 bridgehead atoms. The number of likely N-dealkylation sites (tertiary alicyclic amines) is 1. The molecule has 0 aliphatic carbocycles. The second-order valence-corrected chi connectivity index (χ2v) is 9.58. The van der Waals surface area contributed by atoms with Gasteiger partial charge in [0.2, 0.25) is 10.0 Å². The number of ether oxygens (including phenoxy) is 1. The summed E-state index contributed by atoms with van der Waals surface area (Å²) in [7, 11) is -3.73. The maximum absolute atomic E-state index is 12.4. The van der Waals surface area contributed by atoms with Crippen LogP contribution in [0.2, 0.25) is 0 Å². The maximum atomic E-state index is 12.4. The van der Waals surface area contributed by atoms with E-state index in [2.05, 4.69) is 10.2 Å². The van der Waals surface area contributed by atoms with Crippen molar-refractivity contribution in [1.82, 2.24) is 9.80 Å². The number of hydrogen-bond acceptors (Lipinski definition) is 5.